The second-order valence-corrected chi connectivity index (χ2v) is 6.23. The zero-order valence-electron chi connectivity index (χ0n) is 11.0. The Morgan fingerprint density at radius 3 is 2.53 bits per heavy atom. The monoisotopic (exact) mass is 254 g/mol. The predicted molar refractivity (Wildman–Crippen MR) is 73.0 cm³/mol. The standard InChI is InChI=1S/C13H22N2OS/c1-8(2)7-11(14)13(16)15-10(4)12-6-5-9(3)17-12/h5-6,8,10-11H,7,14H2,1-4H3,(H,15,16). The normalized spacial score (nSPS) is 14.7. The molecule has 1 rings (SSSR count). The van der Waals surface area contributed by atoms with Gasteiger partial charge in [0.1, 0.15) is 0 Å². The van der Waals surface area contributed by atoms with E-state index in [9.17, 15) is 4.79 Å². The molecule has 0 saturated carbocycles. The molecule has 1 aromatic heterocycles. The van der Waals surface area contributed by atoms with Crippen LogP contribution < -0.4 is 11.1 Å². The number of nitrogens with one attached hydrogen (secondary N) is 1. The van der Waals surface area contributed by atoms with Crippen molar-refractivity contribution in [3.8, 4) is 0 Å². The molecule has 0 fully saturated rings. The highest BCUT2D eigenvalue weighted by Gasteiger charge is 2.18. The summed E-state index contributed by atoms with van der Waals surface area (Å²) in [6.07, 6.45) is 0.724. The Bertz CT molecular complexity index is 373. The molecule has 0 spiro atoms. The van der Waals surface area contributed by atoms with Crippen LogP contribution in [0.3, 0.4) is 0 Å². The summed E-state index contributed by atoms with van der Waals surface area (Å²) in [4.78, 5) is 14.3. The second kappa shape index (κ2) is 6.17. The van der Waals surface area contributed by atoms with E-state index in [1.807, 2.05) is 6.92 Å². The lowest BCUT2D eigenvalue weighted by Crippen LogP contribution is -2.42. The van der Waals surface area contributed by atoms with Gasteiger partial charge in [-0.05, 0) is 38.3 Å². The number of carbonyl (C=O) groups is 1. The molecular formula is C13H22N2OS. The van der Waals surface area contributed by atoms with Gasteiger partial charge in [0.2, 0.25) is 5.91 Å². The predicted octanol–water partition coefficient (Wildman–Crippen LogP) is 2.61. The first-order valence-corrected chi connectivity index (χ1v) is 6.84. The average molecular weight is 254 g/mol. The van der Waals surface area contributed by atoms with Crippen LogP contribution in [0.15, 0.2) is 12.1 Å². The zero-order chi connectivity index (χ0) is 13.0. The fourth-order valence-electron chi connectivity index (χ4n) is 1.69. The van der Waals surface area contributed by atoms with Crippen LogP contribution in [-0.4, -0.2) is 11.9 Å². The van der Waals surface area contributed by atoms with Gasteiger partial charge in [-0.25, -0.2) is 0 Å². The summed E-state index contributed by atoms with van der Waals surface area (Å²) in [6.45, 7) is 8.19. The SMILES string of the molecule is Cc1ccc(C(C)NC(=O)C(N)CC(C)C)s1. The minimum atomic E-state index is -0.404. The van der Waals surface area contributed by atoms with E-state index in [1.54, 1.807) is 11.3 Å². The van der Waals surface area contributed by atoms with Gasteiger partial charge < -0.3 is 11.1 Å². The lowest BCUT2D eigenvalue weighted by Gasteiger charge is -2.17. The van der Waals surface area contributed by atoms with Crippen molar-refractivity contribution in [1.82, 2.24) is 5.32 Å². The summed E-state index contributed by atoms with van der Waals surface area (Å²) in [7, 11) is 0. The van der Waals surface area contributed by atoms with E-state index in [4.69, 9.17) is 5.73 Å². The molecule has 0 aromatic carbocycles. The molecule has 0 aliphatic carbocycles. The molecule has 3 nitrogen and oxygen atoms in total. The second-order valence-electron chi connectivity index (χ2n) is 4.91. The number of amides is 1. The third-order valence-corrected chi connectivity index (χ3v) is 3.79. The van der Waals surface area contributed by atoms with Crippen molar-refractivity contribution in [3.05, 3.63) is 21.9 Å². The van der Waals surface area contributed by atoms with Crippen LogP contribution in [-0.2, 0) is 4.79 Å². The Morgan fingerprint density at radius 1 is 1.41 bits per heavy atom. The Balaban J connectivity index is 2.51. The Labute approximate surface area is 107 Å². The molecule has 4 heteroatoms. The lowest BCUT2D eigenvalue weighted by molar-refractivity contribution is -0.123. The van der Waals surface area contributed by atoms with Crippen molar-refractivity contribution in [2.75, 3.05) is 0 Å². The Morgan fingerprint density at radius 2 is 2.06 bits per heavy atom. The Hall–Kier alpha value is -0.870. The summed E-state index contributed by atoms with van der Waals surface area (Å²) in [6, 6.07) is 3.76. The number of aryl methyl sites for hydroxylation is 1. The van der Waals surface area contributed by atoms with Crippen LogP contribution in [0, 0.1) is 12.8 Å². The van der Waals surface area contributed by atoms with E-state index < -0.39 is 6.04 Å². The van der Waals surface area contributed by atoms with Crippen molar-refractivity contribution >= 4 is 17.2 Å². The van der Waals surface area contributed by atoms with Crippen LogP contribution in [0.2, 0.25) is 0 Å². The van der Waals surface area contributed by atoms with Crippen molar-refractivity contribution in [1.29, 1.82) is 0 Å². The minimum Gasteiger partial charge on any atom is -0.347 e. The van der Waals surface area contributed by atoms with Crippen molar-refractivity contribution < 1.29 is 4.79 Å². The van der Waals surface area contributed by atoms with Gasteiger partial charge in [0.15, 0.2) is 0 Å². The van der Waals surface area contributed by atoms with Gasteiger partial charge in [0.25, 0.3) is 0 Å². The topological polar surface area (TPSA) is 55.1 Å². The van der Waals surface area contributed by atoms with E-state index in [0.717, 1.165) is 6.42 Å². The quantitative estimate of drug-likeness (QED) is 0.848. The number of thiophene rings is 1. The van der Waals surface area contributed by atoms with Gasteiger partial charge in [0, 0.05) is 9.75 Å². The van der Waals surface area contributed by atoms with Crippen LogP contribution >= 0.6 is 11.3 Å². The van der Waals surface area contributed by atoms with Crippen LogP contribution in [0.5, 0.6) is 0 Å². The van der Waals surface area contributed by atoms with E-state index >= 15 is 0 Å². The molecule has 96 valence electrons. The van der Waals surface area contributed by atoms with Crippen LogP contribution in [0.25, 0.3) is 0 Å². The van der Waals surface area contributed by atoms with Gasteiger partial charge in [-0.2, -0.15) is 0 Å². The van der Waals surface area contributed by atoms with Crippen molar-refractivity contribution in [2.24, 2.45) is 11.7 Å². The molecule has 0 aliphatic heterocycles. The number of nitrogens with two attached hydrogens (primary N) is 1. The van der Waals surface area contributed by atoms with E-state index in [1.165, 1.54) is 9.75 Å². The van der Waals surface area contributed by atoms with Gasteiger partial charge in [0.05, 0.1) is 12.1 Å². The number of carbonyl (C=O) groups excluding carboxylic acids is 1. The first-order valence-electron chi connectivity index (χ1n) is 6.02. The molecule has 17 heavy (non-hydrogen) atoms. The van der Waals surface area contributed by atoms with Crippen LogP contribution in [0.4, 0.5) is 0 Å². The first kappa shape index (κ1) is 14.2. The van der Waals surface area contributed by atoms with Crippen LogP contribution in [0.1, 0.15) is 43.0 Å². The van der Waals surface area contributed by atoms with Gasteiger partial charge in [-0.3, -0.25) is 4.79 Å². The smallest absolute Gasteiger partial charge is 0.237 e. The average Bonchev–Trinajstić information content (AvgIpc) is 2.63. The maximum absolute atomic E-state index is 11.8. The van der Waals surface area contributed by atoms with Gasteiger partial charge >= 0.3 is 0 Å². The zero-order valence-corrected chi connectivity index (χ0v) is 11.8. The maximum Gasteiger partial charge on any atom is 0.237 e. The highest BCUT2D eigenvalue weighted by atomic mass is 32.1. The Kier molecular flexibility index (Phi) is 5.15. The number of hydrogen-bond donors (Lipinski definition) is 2. The van der Waals surface area contributed by atoms with E-state index in [-0.39, 0.29) is 11.9 Å². The van der Waals surface area contributed by atoms with E-state index in [0.29, 0.717) is 5.92 Å². The summed E-state index contributed by atoms with van der Waals surface area (Å²) in [5.74, 6) is 0.382. The third-order valence-electron chi connectivity index (χ3n) is 2.61. The summed E-state index contributed by atoms with van der Waals surface area (Å²) in [5, 5.41) is 2.96. The number of hydrogen-bond acceptors (Lipinski definition) is 3. The van der Waals surface area contributed by atoms with Gasteiger partial charge in [-0.1, -0.05) is 13.8 Å². The highest BCUT2D eigenvalue weighted by molar-refractivity contribution is 7.12. The molecule has 3 N–H and O–H groups in total. The molecule has 1 amide bonds. The van der Waals surface area contributed by atoms with E-state index in [2.05, 4.69) is 38.2 Å². The fourth-order valence-corrected chi connectivity index (χ4v) is 2.57. The largest absolute Gasteiger partial charge is 0.347 e. The lowest BCUT2D eigenvalue weighted by atomic mass is 10.0. The summed E-state index contributed by atoms with van der Waals surface area (Å²) in [5.41, 5.74) is 5.84. The molecule has 1 heterocycles. The number of rotatable bonds is 5. The molecule has 1 aromatic rings. The van der Waals surface area contributed by atoms with Gasteiger partial charge in [-0.15, -0.1) is 11.3 Å². The first-order chi connectivity index (χ1) is 7.90. The molecule has 2 atom stereocenters. The fraction of sp³-hybridized carbons (Fsp3) is 0.615. The molecule has 2 unspecified atom stereocenters. The molecule has 0 radical (unpaired) electrons. The summed E-state index contributed by atoms with van der Waals surface area (Å²) >= 11 is 1.71. The molecule has 0 saturated heterocycles. The molecular weight excluding hydrogens is 232 g/mol. The third kappa shape index (κ3) is 4.48. The maximum atomic E-state index is 11.8. The molecule has 0 aliphatic rings. The van der Waals surface area contributed by atoms with Crippen molar-refractivity contribution in [2.45, 2.75) is 46.2 Å². The highest BCUT2D eigenvalue weighted by Crippen LogP contribution is 2.22. The minimum absolute atomic E-state index is 0.0411. The van der Waals surface area contributed by atoms with Crippen molar-refractivity contribution in [3.63, 3.8) is 0 Å². The molecule has 0 bridgehead atoms. The summed E-state index contributed by atoms with van der Waals surface area (Å²) < 4.78 is 0.